The van der Waals surface area contributed by atoms with Gasteiger partial charge in [-0.15, -0.1) is 0 Å². The first-order valence-electron chi connectivity index (χ1n) is 7.59. The summed E-state index contributed by atoms with van der Waals surface area (Å²) >= 11 is 7.39. The van der Waals surface area contributed by atoms with E-state index < -0.39 is 5.91 Å². The Hall–Kier alpha value is -2.12. The van der Waals surface area contributed by atoms with Crippen LogP contribution in [-0.2, 0) is 11.2 Å². The third-order valence-electron chi connectivity index (χ3n) is 3.70. The Labute approximate surface area is 155 Å². The lowest BCUT2D eigenvalue weighted by Gasteiger charge is -2.11. The molecule has 0 saturated heterocycles. The van der Waals surface area contributed by atoms with E-state index in [2.05, 4.69) is 15.3 Å². The molecular formula is C17H19ClN4O2S. The third-order valence-corrected chi connectivity index (χ3v) is 4.58. The van der Waals surface area contributed by atoms with Crippen molar-refractivity contribution in [3.05, 3.63) is 45.7 Å². The number of aryl methyl sites for hydroxylation is 2. The van der Waals surface area contributed by atoms with Crippen LogP contribution >= 0.6 is 23.4 Å². The number of benzene rings is 1. The molecule has 8 heteroatoms. The van der Waals surface area contributed by atoms with Gasteiger partial charge in [-0.25, -0.2) is 9.97 Å². The van der Waals surface area contributed by atoms with Crippen LogP contribution in [0, 0.1) is 13.8 Å². The van der Waals surface area contributed by atoms with E-state index in [1.54, 1.807) is 6.07 Å². The summed E-state index contributed by atoms with van der Waals surface area (Å²) in [6.45, 7) is 3.83. The van der Waals surface area contributed by atoms with Crippen LogP contribution in [0.15, 0.2) is 23.4 Å². The van der Waals surface area contributed by atoms with E-state index in [4.69, 9.17) is 17.3 Å². The van der Waals surface area contributed by atoms with Crippen LogP contribution in [0.25, 0.3) is 0 Å². The van der Waals surface area contributed by atoms with Crippen LogP contribution in [0.2, 0.25) is 5.02 Å². The molecule has 0 atom stereocenters. The molecule has 3 N–H and O–H groups in total. The fourth-order valence-electron chi connectivity index (χ4n) is 2.42. The lowest BCUT2D eigenvalue weighted by Crippen LogP contribution is -2.16. The van der Waals surface area contributed by atoms with Gasteiger partial charge in [0, 0.05) is 23.5 Å². The fraction of sp³-hybridized carbons (Fsp3) is 0.294. The van der Waals surface area contributed by atoms with E-state index in [1.807, 2.05) is 20.1 Å². The highest BCUT2D eigenvalue weighted by molar-refractivity contribution is 7.98. The van der Waals surface area contributed by atoms with Crippen molar-refractivity contribution >= 4 is 40.9 Å². The molecule has 6 nitrogen and oxygen atoms in total. The lowest BCUT2D eigenvalue weighted by atomic mass is 10.1. The molecule has 0 fully saturated rings. The highest BCUT2D eigenvalue weighted by atomic mass is 35.5. The van der Waals surface area contributed by atoms with Crippen LogP contribution in [-0.4, -0.2) is 28.0 Å². The van der Waals surface area contributed by atoms with E-state index in [-0.39, 0.29) is 22.9 Å². The molecular weight excluding hydrogens is 360 g/mol. The lowest BCUT2D eigenvalue weighted by molar-refractivity contribution is -0.116. The predicted octanol–water partition coefficient (Wildman–Crippen LogP) is 3.14. The fourth-order valence-corrected chi connectivity index (χ4v) is 3.08. The Morgan fingerprint density at radius 1 is 1.24 bits per heavy atom. The molecule has 0 aliphatic heterocycles. The highest BCUT2D eigenvalue weighted by Gasteiger charge is 2.12. The van der Waals surface area contributed by atoms with E-state index in [1.165, 1.54) is 23.9 Å². The summed E-state index contributed by atoms with van der Waals surface area (Å²) in [7, 11) is 0. The van der Waals surface area contributed by atoms with Crippen molar-refractivity contribution in [3.8, 4) is 0 Å². The van der Waals surface area contributed by atoms with E-state index in [0.717, 1.165) is 22.1 Å². The van der Waals surface area contributed by atoms with Crippen molar-refractivity contribution in [2.24, 2.45) is 5.73 Å². The maximum Gasteiger partial charge on any atom is 0.250 e. The Morgan fingerprint density at radius 2 is 1.88 bits per heavy atom. The number of carbonyl (C=O) groups excluding carboxylic acids is 2. The summed E-state index contributed by atoms with van der Waals surface area (Å²) in [4.78, 5) is 32.3. The highest BCUT2D eigenvalue weighted by Crippen LogP contribution is 2.21. The summed E-state index contributed by atoms with van der Waals surface area (Å²) in [6.07, 6.45) is 2.74. The number of aromatic nitrogens is 2. The van der Waals surface area contributed by atoms with Crippen molar-refractivity contribution in [1.82, 2.24) is 9.97 Å². The molecule has 1 aromatic heterocycles. The van der Waals surface area contributed by atoms with Gasteiger partial charge in [0.2, 0.25) is 11.8 Å². The number of hydrogen-bond acceptors (Lipinski definition) is 5. The zero-order valence-electron chi connectivity index (χ0n) is 14.2. The molecule has 2 rings (SSSR count). The molecule has 0 aliphatic carbocycles. The standard InChI is InChI=1S/C17H19ClN4O2S/c1-9-12(10(2)21-17(20-9)25-3)5-7-15(23)22-11-4-6-14(18)13(8-11)16(19)24/h4,6,8H,5,7H2,1-3H3,(H2,19,24)(H,22,23). The number of nitrogens with zero attached hydrogens (tertiary/aromatic N) is 2. The summed E-state index contributed by atoms with van der Waals surface area (Å²) in [5.41, 5.74) is 8.64. The van der Waals surface area contributed by atoms with Crippen LogP contribution in [0.1, 0.15) is 33.7 Å². The van der Waals surface area contributed by atoms with Gasteiger partial charge in [0.25, 0.3) is 0 Å². The molecule has 1 heterocycles. The largest absolute Gasteiger partial charge is 0.366 e. The number of anilines is 1. The van der Waals surface area contributed by atoms with E-state index >= 15 is 0 Å². The van der Waals surface area contributed by atoms with Gasteiger partial charge in [-0.2, -0.15) is 0 Å². The second kappa shape index (κ2) is 8.31. The second-order valence-corrected chi connectivity index (χ2v) is 6.65. The van der Waals surface area contributed by atoms with Crippen molar-refractivity contribution in [3.63, 3.8) is 0 Å². The number of rotatable bonds is 6. The van der Waals surface area contributed by atoms with Gasteiger partial charge in [0.1, 0.15) is 0 Å². The normalized spacial score (nSPS) is 10.6. The maximum atomic E-state index is 12.2. The van der Waals surface area contributed by atoms with Gasteiger partial charge in [0.15, 0.2) is 5.16 Å². The van der Waals surface area contributed by atoms with Gasteiger partial charge >= 0.3 is 0 Å². The van der Waals surface area contributed by atoms with Crippen LogP contribution in [0.4, 0.5) is 5.69 Å². The smallest absolute Gasteiger partial charge is 0.250 e. The van der Waals surface area contributed by atoms with Crippen LogP contribution in [0.5, 0.6) is 0 Å². The minimum atomic E-state index is -0.640. The first-order chi connectivity index (χ1) is 11.8. The number of primary amides is 1. The SMILES string of the molecule is CSc1nc(C)c(CCC(=O)Nc2ccc(Cl)c(C(N)=O)c2)c(C)n1. The summed E-state index contributed by atoms with van der Waals surface area (Å²) in [5, 5.41) is 3.72. The molecule has 25 heavy (non-hydrogen) atoms. The minimum absolute atomic E-state index is 0.173. The number of halogens is 1. The first-order valence-corrected chi connectivity index (χ1v) is 9.19. The molecule has 2 amide bonds. The molecule has 0 spiro atoms. The summed E-state index contributed by atoms with van der Waals surface area (Å²) in [5.74, 6) is -0.816. The minimum Gasteiger partial charge on any atom is -0.366 e. The molecule has 2 aromatic rings. The monoisotopic (exact) mass is 378 g/mol. The Balaban J connectivity index is 2.04. The number of thioether (sulfide) groups is 1. The van der Waals surface area contributed by atoms with Crippen molar-refractivity contribution < 1.29 is 9.59 Å². The van der Waals surface area contributed by atoms with Gasteiger partial charge in [-0.1, -0.05) is 23.4 Å². The number of hydrogen-bond donors (Lipinski definition) is 2. The van der Waals surface area contributed by atoms with Crippen molar-refractivity contribution in [2.45, 2.75) is 31.8 Å². The molecule has 0 aliphatic rings. The molecule has 0 bridgehead atoms. The first kappa shape index (κ1) is 19.2. The Kier molecular flexibility index (Phi) is 6.39. The van der Waals surface area contributed by atoms with Crippen molar-refractivity contribution in [2.75, 3.05) is 11.6 Å². The van der Waals surface area contributed by atoms with Crippen molar-refractivity contribution in [1.29, 1.82) is 0 Å². The second-order valence-electron chi connectivity index (χ2n) is 5.47. The molecule has 132 valence electrons. The summed E-state index contributed by atoms with van der Waals surface area (Å²) < 4.78 is 0. The van der Waals surface area contributed by atoms with Gasteiger partial charge in [-0.05, 0) is 50.3 Å². The van der Waals surface area contributed by atoms with Crippen LogP contribution in [0.3, 0.4) is 0 Å². The quantitative estimate of drug-likeness (QED) is 0.594. The Bertz CT molecular complexity index is 803. The van der Waals surface area contributed by atoms with Gasteiger partial charge in [-0.3, -0.25) is 9.59 Å². The topological polar surface area (TPSA) is 98.0 Å². The third kappa shape index (κ3) is 4.93. The average Bonchev–Trinajstić information content (AvgIpc) is 2.55. The number of nitrogens with two attached hydrogens (primary N) is 1. The summed E-state index contributed by atoms with van der Waals surface area (Å²) in [6, 6.07) is 4.62. The Morgan fingerprint density at radius 3 is 2.44 bits per heavy atom. The number of nitrogens with one attached hydrogen (secondary N) is 1. The number of carbonyl (C=O) groups is 2. The van der Waals surface area contributed by atoms with E-state index in [9.17, 15) is 9.59 Å². The average molecular weight is 379 g/mol. The molecule has 0 unspecified atom stereocenters. The predicted molar refractivity (Wildman–Crippen MR) is 100 cm³/mol. The van der Waals surface area contributed by atoms with Gasteiger partial charge < -0.3 is 11.1 Å². The van der Waals surface area contributed by atoms with Crippen LogP contribution < -0.4 is 11.1 Å². The molecule has 1 aromatic carbocycles. The number of amides is 2. The zero-order valence-corrected chi connectivity index (χ0v) is 15.8. The molecule has 0 radical (unpaired) electrons. The van der Waals surface area contributed by atoms with E-state index in [0.29, 0.717) is 12.1 Å². The zero-order chi connectivity index (χ0) is 18.6. The maximum absolute atomic E-state index is 12.2. The molecule has 0 saturated carbocycles. The van der Waals surface area contributed by atoms with Gasteiger partial charge in [0.05, 0.1) is 10.6 Å².